The molecule has 3 saturated heterocycles. The first kappa shape index (κ1) is 34.3. The van der Waals surface area contributed by atoms with E-state index in [0.29, 0.717) is 30.3 Å². The van der Waals surface area contributed by atoms with Crippen LogP contribution in [0.1, 0.15) is 107 Å². The van der Waals surface area contributed by atoms with Gasteiger partial charge in [0.25, 0.3) is 0 Å². The van der Waals surface area contributed by atoms with Gasteiger partial charge in [-0.15, -0.1) is 0 Å². The van der Waals surface area contributed by atoms with Gasteiger partial charge in [0, 0.05) is 32.0 Å². The van der Waals surface area contributed by atoms with Gasteiger partial charge in [0.2, 0.25) is 0 Å². The highest BCUT2D eigenvalue weighted by Gasteiger charge is 2.84. The quantitative estimate of drug-likeness (QED) is 0.393. The molecular formula is C39H63NO8. The van der Waals surface area contributed by atoms with E-state index in [1.165, 1.54) is 32.6 Å². The second-order valence-corrected chi connectivity index (χ2v) is 19.4. The molecule has 3 aliphatic heterocycles. The zero-order valence-corrected chi connectivity index (χ0v) is 30.8. The number of morpholine rings is 1. The minimum absolute atomic E-state index is 0.0426. The van der Waals surface area contributed by atoms with Gasteiger partial charge >= 0.3 is 5.97 Å². The van der Waals surface area contributed by atoms with Crippen LogP contribution in [0.3, 0.4) is 0 Å². The van der Waals surface area contributed by atoms with Crippen molar-refractivity contribution in [3.63, 3.8) is 0 Å². The fourth-order valence-electron chi connectivity index (χ4n) is 14.4. The maximum atomic E-state index is 12.6. The van der Waals surface area contributed by atoms with Gasteiger partial charge in [-0.1, -0.05) is 34.6 Å². The van der Waals surface area contributed by atoms with Crippen molar-refractivity contribution < 1.29 is 38.7 Å². The van der Waals surface area contributed by atoms with E-state index < -0.39 is 29.9 Å². The molecule has 48 heavy (non-hydrogen) atoms. The molecule has 8 aliphatic rings. The first-order valence-electron chi connectivity index (χ1n) is 19.3. The van der Waals surface area contributed by atoms with E-state index in [-0.39, 0.29) is 58.1 Å². The van der Waals surface area contributed by atoms with Gasteiger partial charge in [-0.05, 0) is 111 Å². The number of ether oxygens (including phenoxy) is 5. The van der Waals surface area contributed by atoms with Gasteiger partial charge in [-0.25, -0.2) is 0 Å². The van der Waals surface area contributed by atoms with Crippen molar-refractivity contribution in [2.45, 2.75) is 155 Å². The lowest BCUT2D eigenvalue weighted by atomic mass is 9.41. The van der Waals surface area contributed by atoms with E-state index in [1.54, 1.807) is 13.8 Å². The van der Waals surface area contributed by atoms with Crippen molar-refractivity contribution in [2.75, 3.05) is 32.8 Å². The lowest BCUT2D eigenvalue weighted by Crippen LogP contribution is -2.60. The molecule has 0 radical (unpaired) electrons. The summed E-state index contributed by atoms with van der Waals surface area (Å²) < 4.78 is 31.7. The van der Waals surface area contributed by atoms with Crippen LogP contribution in [0.4, 0.5) is 0 Å². The minimum Gasteiger partial charge on any atom is -0.457 e. The van der Waals surface area contributed by atoms with Crippen molar-refractivity contribution in [3.8, 4) is 0 Å². The molecular weight excluding hydrogens is 610 g/mol. The van der Waals surface area contributed by atoms with Crippen LogP contribution in [0.5, 0.6) is 0 Å². The molecule has 2 bridgehead atoms. The summed E-state index contributed by atoms with van der Waals surface area (Å²) in [5.41, 5.74) is -0.964. The SMILES string of the molecule is CC(=O)OC(C1C[C@@H](C)[C@H]2C(O1)[C@H](O)[C@@]1(C)C3CC[C@H]4C(C)(C)[C@@H](OC5CN6CCO[C@H](CO5)C6)CCC45CC35CCC21C)C(C)(C)O. The number of nitrogens with zero attached hydrogens (tertiary/aromatic N) is 1. The maximum absolute atomic E-state index is 12.6. The third kappa shape index (κ3) is 4.62. The summed E-state index contributed by atoms with van der Waals surface area (Å²) in [4.78, 5) is 14.5. The van der Waals surface area contributed by atoms with Gasteiger partial charge < -0.3 is 33.9 Å². The Bertz CT molecular complexity index is 1280. The van der Waals surface area contributed by atoms with Crippen molar-refractivity contribution in [1.82, 2.24) is 4.90 Å². The second-order valence-electron chi connectivity index (χ2n) is 19.4. The first-order valence-corrected chi connectivity index (χ1v) is 19.3. The molecule has 2 spiro atoms. The standard InChI is InChI=1S/C39H63NO8/c1-22-17-25(33(35(5,6)43)46-23(2)41)47-31-30(22)36(7)13-14-39-21-38(39)12-11-28(48-29-19-40-15-16-44-24(18-40)20-45-29)34(3,4)26(38)9-10-27(39)37(36,8)32(31)42/h22,24-33,42-43H,9-21H2,1-8H3/t22-,24+,25?,26+,27?,28+,29?,30+,31?,32+,33?,36?,37-,38?,39?/m1/s1. The molecule has 2 N–H and O–H groups in total. The first-order chi connectivity index (χ1) is 22.5. The highest BCUT2D eigenvalue weighted by molar-refractivity contribution is 5.66. The van der Waals surface area contributed by atoms with Crippen molar-refractivity contribution >= 4 is 5.97 Å². The van der Waals surface area contributed by atoms with E-state index in [2.05, 4.69) is 39.5 Å². The van der Waals surface area contributed by atoms with Gasteiger partial charge in [-0.2, -0.15) is 0 Å². The Hall–Kier alpha value is -0.810. The number of aliphatic hydroxyl groups excluding tert-OH is 1. The topological polar surface area (TPSA) is 107 Å². The molecule has 9 nitrogen and oxygen atoms in total. The molecule has 3 heterocycles. The number of hydrogen-bond acceptors (Lipinski definition) is 9. The summed E-state index contributed by atoms with van der Waals surface area (Å²) >= 11 is 0. The van der Waals surface area contributed by atoms with Crippen LogP contribution in [0.2, 0.25) is 0 Å². The van der Waals surface area contributed by atoms with Crippen LogP contribution >= 0.6 is 0 Å². The summed E-state index contributed by atoms with van der Waals surface area (Å²) in [7, 11) is 0. The highest BCUT2D eigenvalue weighted by atomic mass is 16.7. The molecule has 272 valence electrons. The van der Waals surface area contributed by atoms with Crippen LogP contribution in [0.15, 0.2) is 0 Å². The van der Waals surface area contributed by atoms with Gasteiger partial charge in [-0.3, -0.25) is 9.69 Å². The van der Waals surface area contributed by atoms with Crippen LogP contribution in [-0.4, -0.2) is 102 Å². The second kappa shape index (κ2) is 11.1. The molecule has 8 fully saturated rings. The normalized spacial score (nSPS) is 54.3. The van der Waals surface area contributed by atoms with Crippen LogP contribution in [0, 0.1) is 50.7 Å². The summed E-state index contributed by atoms with van der Waals surface area (Å²) in [5, 5.41) is 23.6. The van der Waals surface area contributed by atoms with Crippen LogP contribution in [-0.2, 0) is 28.5 Å². The van der Waals surface area contributed by atoms with E-state index in [1.807, 2.05) is 0 Å². The fourth-order valence-corrected chi connectivity index (χ4v) is 14.4. The van der Waals surface area contributed by atoms with Gasteiger partial charge in [0.1, 0.15) is 0 Å². The van der Waals surface area contributed by atoms with E-state index in [9.17, 15) is 15.0 Å². The van der Waals surface area contributed by atoms with Crippen molar-refractivity contribution in [2.24, 2.45) is 50.7 Å². The molecule has 8 rings (SSSR count). The van der Waals surface area contributed by atoms with E-state index >= 15 is 0 Å². The maximum Gasteiger partial charge on any atom is 0.303 e. The highest BCUT2D eigenvalue weighted by Crippen LogP contribution is 2.89. The molecule has 0 aromatic heterocycles. The fraction of sp³-hybridized carbons (Fsp3) is 0.974. The predicted octanol–water partition coefficient (Wildman–Crippen LogP) is 4.94. The summed E-state index contributed by atoms with van der Waals surface area (Å²) in [5.74, 6) is 1.11. The molecule has 9 heteroatoms. The Kier molecular flexibility index (Phi) is 7.93. The van der Waals surface area contributed by atoms with Crippen molar-refractivity contribution in [3.05, 3.63) is 0 Å². The summed E-state index contributed by atoms with van der Waals surface area (Å²) in [6, 6.07) is 0. The lowest BCUT2D eigenvalue weighted by Gasteiger charge is -2.63. The molecule has 0 aromatic rings. The van der Waals surface area contributed by atoms with Crippen LogP contribution < -0.4 is 0 Å². The Morgan fingerprint density at radius 3 is 2.46 bits per heavy atom. The predicted molar refractivity (Wildman–Crippen MR) is 179 cm³/mol. The Morgan fingerprint density at radius 1 is 1.00 bits per heavy atom. The zero-order valence-electron chi connectivity index (χ0n) is 30.8. The van der Waals surface area contributed by atoms with E-state index in [0.717, 1.165) is 45.5 Å². The lowest BCUT2D eigenvalue weighted by molar-refractivity contribution is -0.234. The van der Waals surface area contributed by atoms with Crippen molar-refractivity contribution in [1.29, 1.82) is 0 Å². The minimum atomic E-state index is -1.25. The molecule has 0 amide bonds. The Labute approximate surface area is 288 Å². The smallest absolute Gasteiger partial charge is 0.303 e. The zero-order chi connectivity index (χ0) is 34.2. The number of rotatable bonds is 5. The number of hydrogen-bond donors (Lipinski definition) is 2. The van der Waals surface area contributed by atoms with E-state index in [4.69, 9.17) is 23.7 Å². The average Bonchev–Trinajstić information content (AvgIpc) is 3.67. The molecule has 16 atom stereocenters. The number of carbonyl (C=O) groups excluding carboxylic acids is 1. The number of aliphatic hydroxyl groups is 2. The third-order valence-electron chi connectivity index (χ3n) is 16.5. The van der Waals surface area contributed by atoms with Gasteiger partial charge in [0.05, 0.1) is 49.3 Å². The number of fused-ring (bicyclic) bond motifs is 6. The number of esters is 1. The van der Waals surface area contributed by atoms with Gasteiger partial charge in [0.15, 0.2) is 12.4 Å². The largest absolute Gasteiger partial charge is 0.457 e. The Balaban J connectivity index is 1.04. The third-order valence-corrected chi connectivity index (χ3v) is 16.5. The van der Waals surface area contributed by atoms with Crippen LogP contribution in [0.25, 0.3) is 0 Å². The molecule has 9 unspecified atom stereocenters. The molecule has 5 saturated carbocycles. The number of carbonyl (C=O) groups is 1. The molecule has 5 aliphatic carbocycles. The average molecular weight is 674 g/mol. The monoisotopic (exact) mass is 673 g/mol. The Morgan fingerprint density at radius 2 is 1.73 bits per heavy atom. The summed E-state index contributed by atoms with van der Waals surface area (Å²) in [6.45, 7) is 21.0. The summed E-state index contributed by atoms with van der Waals surface area (Å²) in [6.07, 6.45) is 6.84. The molecule has 0 aromatic carbocycles.